The van der Waals surface area contributed by atoms with Gasteiger partial charge in [-0.05, 0) is 0 Å². The van der Waals surface area contributed by atoms with Crippen LogP contribution in [-0.2, 0) is 17.1 Å². The molecular formula is C14H16Ru. The molecule has 2 aliphatic rings. The minimum atomic E-state index is 0.280. The molecule has 0 unspecified atom stereocenters. The van der Waals surface area contributed by atoms with Crippen molar-refractivity contribution in [3.05, 3.63) is 56.4 Å². The van der Waals surface area contributed by atoms with Gasteiger partial charge in [0.1, 0.15) is 0 Å². The van der Waals surface area contributed by atoms with Gasteiger partial charge >= 0.3 is 99.8 Å². The Hall–Kier alpha value is -0.677. The Kier molecular flexibility index (Phi) is 3.54. The second kappa shape index (κ2) is 4.90. The zero-order chi connectivity index (χ0) is 10.7. The van der Waals surface area contributed by atoms with Gasteiger partial charge in [-0.3, -0.25) is 0 Å². The van der Waals surface area contributed by atoms with Crippen LogP contribution < -0.4 is 0 Å². The SMILES string of the molecule is C=CC1=[C]([Ru][C]2=C(CC)C=CC2)CC=C1. The molecule has 0 heterocycles. The summed E-state index contributed by atoms with van der Waals surface area (Å²) in [6, 6.07) is 0. The van der Waals surface area contributed by atoms with Gasteiger partial charge in [-0.2, -0.15) is 0 Å². The van der Waals surface area contributed by atoms with Crippen LogP contribution in [0.25, 0.3) is 0 Å². The molecule has 0 aromatic heterocycles. The van der Waals surface area contributed by atoms with Gasteiger partial charge < -0.3 is 0 Å². The van der Waals surface area contributed by atoms with Crippen LogP contribution >= 0.6 is 0 Å². The number of allylic oxidation sites excluding steroid dienone is 9. The van der Waals surface area contributed by atoms with Gasteiger partial charge in [-0.1, -0.05) is 0 Å². The van der Waals surface area contributed by atoms with E-state index >= 15 is 0 Å². The summed E-state index contributed by atoms with van der Waals surface area (Å²) < 4.78 is 3.32. The van der Waals surface area contributed by atoms with Gasteiger partial charge in [-0.15, -0.1) is 0 Å². The third-order valence-electron chi connectivity index (χ3n) is 2.66. The normalized spacial score (nSPS) is 19.8. The fraction of sp³-hybridized carbons (Fsp3) is 0.286. The summed E-state index contributed by atoms with van der Waals surface area (Å²) in [7, 11) is 0. The number of rotatable bonds is 4. The van der Waals surface area contributed by atoms with Crippen LogP contribution in [0, 0.1) is 0 Å². The molecule has 0 aromatic rings. The molecule has 0 fully saturated rings. The van der Waals surface area contributed by atoms with Gasteiger partial charge in [0.05, 0.1) is 0 Å². The minimum absolute atomic E-state index is 0.280. The molecule has 2 aliphatic carbocycles. The predicted molar refractivity (Wildman–Crippen MR) is 62.1 cm³/mol. The van der Waals surface area contributed by atoms with Crippen LogP contribution in [0.3, 0.4) is 0 Å². The molecule has 1 heteroatoms. The van der Waals surface area contributed by atoms with E-state index in [1.807, 2.05) is 6.08 Å². The maximum atomic E-state index is 3.88. The van der Waals surface area contributed by atoms with Crippen molar-refractivity contribution in [3.63, 3.8) is 0 Å². The fourth-order valence-corrected chi connectivity index (χ4v) is 4.51. The standard InChI is InChI=1S/C7H9.C7H7.Ru/c2*1-2-7-5-3-4-6-7;/h3,5H,2,4H2,1H3;2-3,5H,1,4H2;. The maximum absolute atomic E-state index is 3.88. The Balaban J connectivity index is 2.14. The Morgan fingerprint density at radius 2 is 2.00 bits per heavy atom. The molecule has 0 N–H and O–H groups in total. The first-order chi connectivity index (χ1) is 7.35. The van der Waals surface area contributed by atoms with Gasteiger partial charge in [0.15, 0.2) is 0 Å². The molecule has 0 aliphatic heterocycles. The van der Waals surface area contributed by atoms with E-state index in [2.05, 4.69) is 37.8 Å². The summed E-state index contributed by atoms with van der Waals surface area (Å²) in [5.41, 5.74) is 2.96. The molecular weight excluding hydrogens is 269 g/mol. The Bertz CT molecular complexity index is 392. The Morgan fingerprint density at radius 1 is 1.27 bits per heavy atom. The summed E-state index contributed by atoms with van der Waals surface area (Å²) in [4.78, 5) is 0. The van der Waals surface area contributed by atoms with Gasteiger partial charge in [0.25, 0.3) is 0 Å². The van der Waals surface area contributed by atoms with Gasteiger partial charge in [0.2, 0.25) is 0 Å². The third-order valence-corrected chi connectivity index (χ3v) is 5.48. The van der Waals surface area contributed by atoms with E-state index in [1.54, 1.807) is 13.9 Å². The van der Waals surface area contributed by atoms with E-state index in [0.717, 1.165) is 6.42 Å². The van der Waals surface area contributed by atoms with Crippen LogP contribution in [0.5, 0.6) is 0 Å². The Labute approximate surface area is 99.7 Å². The third kappa shape index (κ3) is 2.29. The first-order valence-corrected chi connectivity index (χ1v) is 7.12. The van der Waals surface area contributed by atoms with Crippen molar-refractivity contribution in [2.45, 2.75) is 26.2 Å². The molecule has 0 saturated heterocycles. The van der Waals surface area contributed by atoms with Crippen LogP contribution in [0.2, 0.25) is 0 Å². The summed E-state index contributed by atoms with van der Waals surface area (Å²) in [6.07, 6.45) is 14.6. The second-order valence-corrected chi connectivity index (χ2v) is 6.15. The van der Waals surface area contributed by atoms with Crippen molar-refractivity contribution in [3.8, 4) is 0 Å². The molecule has 0 nitrogen and oxygen atoms in total. The topological polar surface area (TPSA) is 0 Å². The first-order valence-electron chi connectivity index (χ1n) is 5.38. The van der Waals surface area contributed by atoms with E-state index in [-0.39, 0.29) is 17.1 Å². The summed E-state index contributed by atoms with van der Waals surface area (Å²) in [6.45, 7) is 6.13. The zero-order valence-electron chi connectivity index (χ0n) is 9.07. The Morgan fingerprint density at radius 3 is 2.73 bits per heavy atom. The van der Waals surface area contributed by atoms with E-state index in [1.165, 1.54) is 18.4 Å². The predicted octanol–water partition coefficient (Wildman–Crippen LogP) is 4.09. The van der Waals surface area contributed by atoms with E-state index < -0.39 is 0 Å². The number of hydrogen-bond acceptors (Lipinski definition) is 0. The summed E-state index contributed by atoms with van der Waals surface area (Å²) >= 11 is 0.280. The fourth-order valence-electron chi connectivity index (χ4n) is 1.80. The van der Waals surface area contributed by atoms with Gasteiger partial charge in [0, 0.05) is 0 Å². The molecule has 0 spiro atoms. The molecule has 0 bridgehead atoms. The second-order valence-electron chi connectivity index (χ2n) is 3.62. The van der Waals surface area contributed by atoms with Crippen LogP contribution in [-0.4, -0.2) is 0 Å². The molecule has 0 amide bonds. The average molecular weight is 285 g/mol. The summed E-state index contributed by atoms with van der Waals surface area (Å²) in [5, 5.41) is 0. The van der Waals surface area contributed by atoms with Crippen molar-refractivity contribution in [1.82, 2.24) is 0 Å². The molecule has 15 heavy (non-hydrogen) atoms. The number of hydrogen-bond donors (Lipinski definition) is 0. The van der Waals surface area contributed by atoms with Crippen molar-refractivity contribution < 1.29 is 17.1 Å². The van der Waals surface area contributed by atoms with Gasteiger partial charge in [-0.25, -0.2) is 0 Å². The van der Waals surface area contributed by atoms with Crippen molar-refractivity contribution in [1.29, 1.82) is 0 Å². The van der Waals surface area contributed by atoms with E-state index in [9.17, 15) is 0 Å². The zero-order valence-corrected chi connectivity index (χ0v) is 10.8. The molecule has 0 saturated carbocycles. The summed E-state index contributed by atoms with van der Waals surface area (Å²) in [5.74, 6) is 0. The van der Waals surface area contributed by atoms with Crippen molar-refractivity contribution in [2.75, 3.05) is 0 Å². The average Bonchev–Trinajstić information content (AvgIpc) is 2.87. The van der Waals surface area contributed by atoms with Crippen LogP contribution in [0.1, 0.15) is 26.2 Å². The molecule has 0 radical (unpaired) electrons. The van der Waals surface area contributed by atoms with Crippen LogP contribution in [0.15, 0.2) is 56.4 Å². The molecule has 0 aromatic carbocycles. The molecule has 0 atom stereocenters. The van der Waals surface area contributed by atoms with E-state index in [4.69, 9.17) is 0 Å². The molecule has 80 valence electrons. The van der Waals surface area contributed by atoms with E-state index in [0.29, 0.717) is 0 Å². The molecule has 2 rings (SSSR count). The van der Waals surface area contributed by atoms with Crippen LogP contribution in [0.4, 0.5) is 0 Å². The van der Waals surface area contributed by atoms with Crippen molar-refractivity contribution >= 4 is 0 Å². The quantitative estimate of drug-likeness (QED) is 0.682. The monoisotopic (exact) mass is 286 g/mol. The van der Waals surface area contributed by atoms with Crippen molar-refractivity contribution in [2.24, 2.45) is 0 Å². The first kappa shape index (κ1) is 10.8.